The maximum absolute atomic E-state index is 5.96. The van der Waals surface area contributed by atoms with Gasteiger partial charge in [0, 0.05) is 24.7 Å². The van der Waals surface area contributed by atoms with Gasteiger partial charge in [-0.05, 0) is 36.9 Å². The molecule has 1 aromatic heterocycles. The molecule has 5 rings (SSSR count). The number of rotatable bonds is 10. The first-order chi connectivity index (χ1) is 17.6. The Hall–Kier alpha value is -3.39. The molecule has 2 radical (unpaired) electrons. The smallest absolute Gasteiger partial charge is 0.265 e. The molecule has 1 N–H and O–H groups in total. The number of hydrogen-bond acceptors (Lipinski definition) is 5. The first-order valence-corrected chi connectivity index (χ1v) is 12.4. The van der Waals surface area contributed by atoms with Crippen LogP contribution in [0.25, 0.3) is 10.9 Å². The number of nitrogens with zero attached hydrogens (tertiary/aromatic N) is 3. The van der Waals surface area contributed by atoms with Crippen LogP contribution in [0.3, 0.4) is 0 Å². The fourth-order valence-electron chi connectivity index (χ4n) is 4.57. The Labute approximate surface area is 212 Å². The van der Waals surface area contributed by atoms with Gasteiger partial charge in [0.1, 0.15) is 18.1 Å². The van der Waals surface area contributed by atoms with E-state index in [-0.39, 0.29) is 0 Å². The highest BCUT2D eigenvalue weighted by molar-refractivity contribution is 5.90. The first-order valence-electron chi connectivity index (χ1n) is 12.4. The molecule has 0 atom stereocenters. The maximum Gasteiger partial charge on any atom is 0.265 e. The van der Waals surface area contributed by atoms with Crippen molar-refractivity contribution < 1.29 is 14.2 Å². The Morgan fingerprint density at radius 3 is 2.44 bits per heavy atom. The monoisotopic (exact) mass is 485 g/mol. The molecular formula is C29H33N4O3+. The number of fused-ring (bicyclic) bond motifs is 1. The van der Waals surface area contributed by atoms with Crippen LogP contribution in [-0.4, -0.2) is 68.6 Å². The zero-order valence-electron chi connectivity index (χ0n) is 20.9. The minimum atomic E-state index is 0.477. The summed E-state index contributed by atoms with van der Waals surface area (Å²) >= 11 is 0. The molecule has 1 aliphatic heterocycles. The predicted octanol–water partition coefficient (Wildman–Crippen LogP) is 4.51. The van der Waals surface area contributed by atoms with E-state index >= 15 is 0 Å². The third kappa shape index (κ3) is 5.54. The summed E-state index contributed by atoms with van der Waals surface area (Å²) in [4.78, 5) is 2.36. The summed E-state index contributed by atoms with van der Waals surface area (Å²) in [5, 5.41) is 9.13. The van der Waals surface area contributed by atoms with Gasteiger partial charge in [-0.1, -0.05) is 42.5 Å². The van der Waals surface area contributed by atoms with Crippen LogP contribution in [0.2, 0.25) is 0 Å². The largest absolute Gasteiger partial charge is 0.497 e. The minimum absolute atomic E-state index is 0.477. The van der Waals surface area contributed by atoms with Crippen molar-refractivity contribution in [1.29, 1.82) is 0 Å². The summed E-state index contributed by atoms with van der Waals surface area (Å²) < 4.78 is 17.5. The van der Waals surface area contributed by atoms with E-state index in [2.05, 4.69) is 53.9 Å². The van der Waals surface area contributed by atoms with Gasteiger partial charge in [0.25, 0.3) is 12.4 Å². The number of piperazine rings is 1. The topological polar surface area (TPSA) is 59.6 Å². The van der Waals surface area contributed by atoms with Gasteiger partial charge in [-0.2, -0.15) is 0 Å². The molecule has 7 nitrogen and oxygen atoms in total. The molecule has 1 aliphatic rings. The number of hydrogen-bond donors (Lipinski definition) is 1. The average molecular weight is 486 g/mol. The Morgan fingerprint density at radius 1 is 0.944 bits per heavy atom. The lowest BCUT2D eigenvalue weighted by Crippen LogP contribution is -2.58. The molecular weight excluding hydrogens is 452 g/mol. The molecule has 0 spiro atoms. The van der Waals surface area contributed by atoms with E-state index in [1.54, 1.807) is 7.11 Å². The van der Waals surface area contributed by atoms with Crippen LogP contribution < -0.4 is 14.0 Å². The second-order valence-electron chi connectivity index (χ2n) is 9.20. The highest BCUT2D eigenvalue weighted by atomic mass is 16.5. The summed E-state index contributed by atoms with van der Waals surface area (Å²) in [6.07, 6.45) is 0. The van der Waals surface area contributed by atoms with Crippen LogP contribution in [0.1, 0.15) is 11.1 Å². The highest BCUT2D eigenvalue weighted by Crippen LogP contribution is 2.35. The predicted molar refractivity (Wildman–Crippen MR) is 142 cm³/mol. The van der Waals surface area contributed by atoms with Gasteiger partial charge in [-0.25, -0.2) is 0 Å². The molecule has 36 heavy (non-hydrogen) atoms. The van der Waals surface area contributed by atoms with E-state index < -0.39 is 0 Å². The quantitative estimate of drug-likeness (QED) is 0.265. The number of ether oxygens (including phenoxy) is 3. The van der Waals surface area contributed by atoms with E-state index in [1.807, 2.05) is 42.5 Å². The third-order valence-electron chi connectivity index (χ3n) is 6.69. The SMILES string of the molecule is COc1ccc(COCCOc2ccc3c([N+]4([C]c5ccccc5)CCN(C)CC4)n[nH]c3c2)cc1. The Morgan fingerprint density at radius 2 is 1.69 bits per heavy atom. The average Bonchev–Trinajstić information content (AvgIpc) is 3.35. The molecule has 0 aliphatic carbocycles. The highest BCUT2D eigenvalue weighted by Gasteiger charge is 2.40. The normalized spacial score (nSPS) is 15.7. The van der Waals surface area contributed by atoms with Crippen LogP contribution in [0.4, 0.5) is 5.82 Å². The lowest BCUT2D eigenvalue weighted by molar-refractivity contribution is 0.0889. The van der Waals surface area contributed by atoms with Gasteiger partial charge in [-0.15, -0.1) is 5.10 Å². The van der Waals surface area contributed by atoms with Crippen molar-refractivity contribution in [3.05, 3.63) is 90.5 Å². The van der Waals surface area contributed by atoms with Crippen molar-refractivity contribution in [3.63, 3.8) is 0 Å². The number of aromatic amines is 1. The fraction of sp³-hybridized carbons (Fsp3) is 0.310. The Balaban J connectivity index is 1.23. The third-order valence-corrected chi connectivity index (χ3v) is 6.69. The van der Waals surface area contributed by atoms with Gasteiger partial charge in [0.05, 0.1) is 44.3 Å². The van der Waals surface area contributed by atoms with Gasteiger partial charge in [0.15, 0.2) is 0 Å². The van der Waals surface area contributed by atoms with E-state index in [0.717, 1.165) is 65.5 Å². The van der Waals surface area contributed by atoms with Crippen molar-refractivity contribution in [3.8, 4) is 11.5 Å². The van der Waals surface area contributed by atoms with E-state index in [4.69, 9.17) is 19.3 Å². The summed E-state index contributed by atoms with van der Waals surface area (Å²) in [6, 6.07) is 24.4. The summed E-state index contributed by atoms with van der Waals surface area (Å²) in [6.45, 7) is 9.13. The summed E-state index contributed by atoms with van der Waals surface area (Å²) in [5.74, 6) is 2.65. The number of quaternary nitrogens is 1. The molecule has 2 heterocycles. The van der Waals surface area contributed by atoms with Gasteiger partial charge in [0.2, 0.25) is 0 Å². The number of methoxy groups -OCH3 is 1. The number of benzene rings is 3. The zero-order valence-corrected chi connectivity index (χ0v) is 20.9. The lowest BCUT2D eigenvalue weighted by atomic mass is 10.1. The van der Waals surface area contributed by atoms with Crippen molar-refractivity contribution in [2.45, 2.75) is 6.61 Å². The molecule has 0 amide bonds. The zero-order chi connectivity index (χ0) is 24.8. The molecule has 0 unspecified atom stereocenters. The van der Waals surface area contributed by atoms with Crippen molar-refractivity contribution in [1.82, 2.24) is 19.6 Å². The lowest BCUT2D eigenvalue weighted by Gasteiger charge is -2.40. The second-order valence-corrected chi connectivity index (χ2v) is 9.20. The molecule has 4 aromatic rings. The number of H-pyrrole nitrogens is 1. The molecule has 186 valence electrons. The fourth-order valence-corrected chi connectivity index (χ4v) is 4.57. The van der Waals surface area contributed by atoms with E-state index in [1.165, 1.54) is 0 Å². The molecule has 0 bridgehead atoms. The van der Waals surface area contributed by atoms with Crippen LogP contribution in [0, 0.1) is 6.54 Å². The van der Waals surface area contributed by atoms with Crippen molar-refractivity contribution in [2.24, 2.45) is 0 Å². The Bertz CT molecular complexity index is 1250. The minimum Gasteiger partial charge on any atom is -0.497 e. The van der Waals surface area contributed by atoms with Crippen LogP contribution in [0.15, 0.2) is 72.8 Å². The van der Waals surface area contributed by atoms with Crippen molar-refractivity contribution in [2.75, 3.05) is 53.6 Å². The standard InChI is InChI=1S/C29H33N4O3/c1-32-14-16-33(17-15-32,21-23-6-4-3-5-7-23)29-27-13-12-26(20-28(27)30-31-29)36-19-18-35-22-24-8-10-25(34-2)11-9-24/h3-13,20H,14-19,22H2,1-2H3,(H,30,31)/q+1. The second kappa shape index (κ2) is 11.1. The first kappa shape index (κ1) is 24.3. The summed E-state index contributed by atoms with van der Waals surface area (Å²) in [5.41, 5.74) is 3.16. The number of nitrogens with one attached hydrogen (secondary N) is 1. The van der Waals surface area contributed by atoms with Gasteiger partial charge >= 0.3 is 0 Å². The molecule has 3 aromatic carbocycles. The number of aromatic nitrogens is 2. The summed E-state index contributed by atoms with van der Waals surface area (Å²) in [7, 11) is 3.83. The Kier molecular flexibility index (Phi) is 7.51. The van der Waals surface area contributed by atoms with Crippen LogP contribution in [-0.2, 0) is 11.3 Å². The van der Waals surface area contributed by atoms with Crippen molar-refractivity contribution >= 4 is 16.7 Å². The molecule has 1 saturated heterocycles. The molecule has 0 saturated carbocycles. The van der Waals surface area contributed by atoms with Crippen LogP contribution >= 0.6 is 0 Å². The van der Waals surface area contributed by atoms with E-state index in [0.29, 0.717) is 24.3 Å². The van der Waals surface area contributed by atoms with E-state index in [9.17, 15) is 0 Å². The molecule has 7 heteroatoms. The van der Waals surface area contributed by atoms with Crippen LogP contribution in [0.5, 0.6) is 11.5 Å². The molecule has 1 fully saturated rings. The van der Waals surface area contributed by atoms with Gasteiger partial charge in [-0.3, -0.25) is 14.5 Å². The number of likely N-dealkylation sites (N-methyl/N-ethyl adjacent to an activating group) is 1. The van der Waals surface area contributed by atoms with Gasteiger partial charge < -0.3 is 14.2 Å². The maximum atomic E-state index is 5.96.